The second-order valence-corrected chi connectivity index (χ2v) is 7.42. The number of ether oxygens (including phenoxy) is 1. The first-order valence-electron chi connectivity index (χ1n) is 6.31. The van der Waals surface area contributed by atoms with Gasteiger partial charge in [-0.2, -0.15) is 0 Å². The summed E-state index contributed by atoms with van der Waals surface area (Å²) in [6.07, 6.45) is 1.42. The van der Waals surface area contributed by atoms with E-state index in [1.807, 2.05) is 13.0 Å². The van der Waals surface area contributed by atoms with E-state index in [4.69, 9.17) is 22.1 Å². The molecule has 1 unspecified atom stereocenters. The smallest absolute Gasteiger partial charge is 0.156 e. The van der Waals surface area contributed by atoms with Crippen molar-refractivity contribution in [2.45, 2.75) is 31.6 Å². The zero-order chi connectivity index (χ0) is 14.0. The molecule has 1 aliphatic heterocycles. The van der Waals surface area contributed by atoms with Crippen LogP contribution in [0.4, 0.5) is 0 Å². The van der Waals surface area contributed by atoms with Crippen LogP contribution < -0.4 is 10.5 Å². The van der Waals surface area contributed by atoms with E-state index in [2.05, 4.69) is 0 Å². The van der Waals surface area contributed by atoms with Crippen LogP contribution in [0.5, 0.6) is 5.75 Å². The van der Waals surface area contributed by atoms with Crippen LogP contribution in [-0.4, -0.2) is 26.8 Å². The van der Waals surface area contributed by atoms with E-state index in [1.165, 1.54) is 0 Å². The van der Waals surface area contributed by atoms with Crippen molar-refractivity contribution in [2.75, 3.05) is 12.4 Å². The topological polar surface area (TPSA) is 69.4 Å². The molecule has 6 heteroatoms. The number of hydrogen-bond donors (Lipinski definition) is 1. The van der Waals surface area contributed by atoms with Crippen LogP contribution >= 0.6 is 11.6 Å². The van der Waals surface area contributed by atoms with Gasteiger partial charge in [0.15, 0.2) is 9.84 Å². The maximum Gasteiger partial charge on any atom is 0.156 e. The SMILES string of the molecule is CCC(N)CS(=O)(=O)Cc1cc(Cl)cc2c1OCC2. The Labute approximate surface area is 118 Å². The standard InChI is InChI=1S/C13H18ClNO3S/c1-2-12(15)8-19(16,17)7-10-6-11(14)5-9-3-4-18-13(9)10/h5-6,12H,2-4,7-8,15H2,1H3. The Bertz CT molecular complexity index is 571. The molecular weight excluding hydrogens is 286 g/mol. The van der Waals surface area contributed by atoms with E-state index >= 15 is 0 Å². The first-order chi connectivity index (χ1) is 8.91. The fourth-order valence-electron chi connectivity index (χ4n) is 2.19. The average molecular weight is 304 g/mol. The Hall–Kier alpha value is -0.780. The lowest BCUT2D eigenvalue weighted by atomic mass is 10.1. The normalized spacial score (nSPS) is 15.9. The molecule has 0 amide bonds. The molecule has 4 nitrogen and oxygen atoms in total. The molecule has 1 aromatic carbocycles. The maximum atomic E-state index is 12.1. The predicted molar refractivity (Wildman–Crippen MR) is 76.4 cm³/mol. The third kappa shape index (κ3) is 3.61. The third-order valence-corrected chi connectivity index (χ3v) is 5.10. The lowest BCUT2D eigenvalue weighted by Gasteiger charge is -2.12. The van der Waals surface area contributed by atoms with Gasteiger partial charge in [-0.3, -0.25) is 0 Å². The summed E-state index contributed by atoms with van der Waals surface area (Å²) >= 11 is 6.02. The van der Waals surface area contributed by atoms with Crippen molar-refractivity contribution in [3.63, 3.8) is 0 Å². The van der Waals surface area contributed by atoms with E-state index < -0.39 is 9.84 Å². The van der Waals surface area contributed by atoms with Crippen molar-refractivity contribution in [1.82, 2.24) is 0 Å². The molecule has 0 bridgehead atoms. The molecule has 0 radical (unpaired) electrons. The van der Waals surface area contributed by atoms with E-state index in [-0.39, 0.29) is 17.5 Å². The molecule has 1 aliphatic rings. The summed E-state index contributed by atoms with van der Waals surface area (Å²) in [7, 11) is -3.25. The van der Waals surface area contributed by atoms with Crippen molar-refractivity contribution in [2.24, 2.45) is 5.73 Å². The second kappa shape index (κ2) is 5.69. The monoisotopic (exact) mass is 303 g/mol. The van der Waals surface area contributed by atoms with Crippen LogP contribution in [0.15, 0.2) is 12.1 Å². The fraction of sp³-hybridized carbons (Fsp3) is 0.538. The Morgan fingerprint density at radius 3 is 2.89 bits per heavy atom. The van der Waals surface area contributed by atoms with Crippen molar-refractivity contribution >= 4 is 21.4 Å². The number of hydrogen-bond acceptors (Lipinski definition) is 4. The lowest BCUT2D eigenvalue weighted by molar-refractivity contribution is 0.354. The minimum absolute atomic E-state index is 0.00914. The van der Waals surface area contributed by atoms with Gasteiger partial charge in [0.25, 0.3) is 0 Å². The highest BCUT2D eigenvalue weighted by atomic mass is 35.5. The molecule has 0 spiro atoms. The minimum atomic E-state index is -3.25. The molecule has 106 valence electrons. The van der Waals surface area contributed by atoms with E-state index in [0.29, 0.717) is 29.4 Å². The average Bonchev–Trinajstić information content (AvgIpc) is 2.75. The van der Waals surface area contributed by atoms with Crippen LogP contribution in [0.3, 0.4) is 0 Å². The summed E-state index contributed by atoms with van der Waals surface area (Å²) in [5.74, 6) is 0.604. The minimum Gasteiger partial charge on any atom is -0.493 e. The number of fused-ring (bicyclic) bond motifs is 1. The Kier molecular flexibility index (Phi) is 4.38. The highest BCUT2D eigenvalue weighted by Crippen LogP contribution is 2.34. The summed E-state index contributed by atoms with van der Waals surface area (Å²) < 4.78 is 29.7. The van der Waals surface area contributed by atoms with Gasteiger partial charge in [0, 0.05) is 23.0 Å². The molecule has 0 aliphatic carbocycles. The summed E-state index contributed by atoms with van der Waals surface area (Å²) in [4.78, 5) is 0. The molecule has 1 heterocycles. The van der Waals surface area contributed by atoms with Crippen LogP contribution in [0.1, 0.15) is 24.5 Å². The maximum absolute atomic E-state index is 12.1. The number of sulfone groups is 1. The first-order valence-corrected chi connectivity index (χ1v) is 8.51. The number of halogens is 1. The lowest BCUT2D eigenvalue weighted by Crippen LogP contribution is -2.29. The van der Waals surface area contributed by atoms with Crippen molar-refractivity contribution in [1.29, 1.82) is 0 Å². The summed E-state index contributed by atoms with van der Waals surface area (Å²) in [5, 5.41) is 0.550. The second-order valence-electron chi connectivity index (χ2n) is 4.87. The van der Waals surface area contributed by atoms with Gasteiger partial charge >= 0.3 is 0 Å². The zero-order valence-corrected chi connectivity index (χ0v) is 12.4. The van der Waals surface area contributed by atoms with Gasteiger partial charge in [0.05, 0.1) is 18.1 Å². The van der Waals surface area contributed by atoms with E-state index in [0.717, 1.165) is 12.0 Å². The van der Waals surface area contributed by atoms with E-state index in [1.54, 1.807) is 6.07 Å². The van der Waals surface area contributed by atoms with Gasteiger partial charge in [0.1, 0.15) is 5.75 Å². The molecule has 1 aromatic rings. The van der Waals surface area contributed by atoms with Crippen molar-refractivity contribution < 1.29 is 13.2 Å². The van der Waals surface area contributed by atoms with Crippen LogP contribution in [0, 0.1) is 0 Å². The van der Waals surface area contributed by atoms with Gasteiger partial charge in [-0.15, -0.1) is 0 Å². The molecule has 0 fully saturated rings. The summed E-state index contributed by atoms with van der Waals surface area (Å²) in [5.41, 5.74) is 7.34. The van der Waals surface area contributed by atoms with Crippen LogP contribution in [0.2, 0.25) is 5.02 Å². The Balaban J connectivity index is 2.24. The van der Waals surface area contributed by atoms with E-state index in [9.17, 15) is 8.42 Å². The van der Waals surface area contributed by atoms with Crippen molar-refractivity contribution in [3.05, 3.63) is 28.3 Å². The molecule has 1 atom stereocenters. The van der Waals surface area contributed by atoms with Crippen LogP contribution in [0.25, 0.3) is 0 Å². The largest absolute Gasteiger partial charge is 0.493 e. The molecule has 0 saturated heterocycles. The molecule has 0 aromatic heterocycles. The molecule has 2 N–H and O–H groups in total. The Morgan fingerprint density at radius 1 is 1.47 bits per heavy atom. The van der Waals surface area contributed by atoms with Gasteiger partial charge in [-0.25, -0.2) is 8.42 Å². The van der Waals surface area contributed by atoms with Gasteiger partial charge in [0.2, 0.25) is 0 Å². The Morgan fingerprint density at radius 2 is 2.21 bits per heavy atom. The van der Waals surface area contributed by atoms with Gasteiger partial charge in [-0.1, -0.05) is 18.5 Å². The number of nitrogens with two attached hydrogens (primary N) is 1. The fourth-order valence-corrected chi connectivity index (χ4v) is 4.15. The van der Waals surface area contributed by atoms with Gasteiger partial charge < -0.3 is 10.5 Å². The predicted octanol–water partition coefficient (Wildman–Crippen LogP) is 1.93. The number of rotatable bonds is 5. The zero-order valence-electron chi connectivity index (χ0n) is 10.9. The molecule has 0 saturated carbocycles. The first kappa shape index (κ1) is 14.6. The summed E-state index contributed by atoms with van der Waals surface area (Å²) in [6, 6.07) is 3.18. The highest BCUT2D eigenvalue weighted by molar-refractivity contribution is 7.90. The van der Waals surface area contributed by atoms with Crippen LogP contribution in [-0.2, 0) is 22.0 Å². The third-order valence-electron chi connectivity index (χ3n) is 3.19. The van der Waals surface area contributed by atoms with Gasteiger partial charge in [-0.05, 0) is 24.1 Å². The number of benzene rings is 1. The quantitative estimate of drug-likeness (QED) is 0.902. The molecular formula is C13H18ClNO3S. The molecule has 19 heavy (non-hydrogen) atoms. The highest BCUT2D eigenvalue weighted by Gasteiger charge is 2.23. The molecule has 2 rings (SSSR count). The van der Waals surface area contributed by atoms with Crippen molar-refractivity contribution in [3.8, 4) is 5.75 Å². The summed E-state index contributed by atoms with van der Waals surface area (Å²) in [6.45, 7) is 2.46.